The highest BCUT2D eigenvalue weighted by molar-refractivity contribution is 5.86. The summed E-state index contributed by atoms with van der Waals surface area (Å²) in [6.45, 7) is 8.96. The Balaban J connectivity index is 1.91. The van der Waals surface area contributed by atoms with Crippen LogP contribution in [0.3, 0.4) is 0 Å². The van der Waals surface area contributed by atoms with E-state index < -0.39 is 0 Å². The zero-order valence-electron chi connectivity index (χ0n) is 17.2. The Morgan fingerprint density at radius 1 is 1.30 bits per heavy atom. The lowest BCUT2D eigenvalue weighted by Crippen LogP contribution is -2.53. The highest BCUT2D eigenvalue weighted by Gasteiger charge is 2.41. The molecule has 1 aliphatic heterocycles. The topological polar surface area (TPSA) is 21.3 Å². The van der Waals surface area contributed by atoms with Gasteiger partial charge in [-0.3, -0.25) is 0 Å². The lowest BCUT2D eigenvalue weighted by molar-refractivity contribution is 0.341. The normalized spacial score (nSPS) is 28.5. The van der Waals surface area contributed by atoms with E-state index in [0.717, 1.165) is 18.6 Å². The third-order valence-electron chi connectivity index (χ3n) is 6.26. The number of allylic oxidation sites excluding steroid dienone is 4. The van der Waals surface area contributed by atoms with Gasteiger partial charge in [0.15, 0.2) is 0 Å². The van der Waals surface area contributed by atoms with Crippen molar-refractivity contribution in [3.63, 3.8) is 0 Å². The molecule has 1 aromatic carbocycles. The first-order valence-corrected chi connectivity index (χ1v) is 10.1. The maximum atomic E-state index is 5.76. The van der Waals surface area contributed by atoms with Crippen molar-refractivity contribution in [2.24, 2.45) is 11.8 Å². The lowest BCUT2D eigenvalue weighted by Gasteiger charge is -2.46. The van der Waals surface area contributed by atoms with Gasteiger partial charge >= 0.3 is 0 Å². The van der Waals surface area contributed by atoms with Gasteiger partial charge in [0.1, 0.15) is 5.75 Å². The van der Waals surface area contributed by atoms with Crippen molar-refractivity contribution in [3.8, 4) is 5.75 Å². The summed E-state index contributed by atoms with van der Waals surface area (Å²) in [5.74, 6) is 1.98. The highest BCUT2D eigenvalue weighted by Crippen LogP contribution is 2.50. The predicted octanol–water partition coefficient (Wildman–Crippen LogP) is 5.47. The van der Waals surface area contributed by atoms with E-state index in [0.29, 0.717) is 17.9 Å². The van der Waals surface area contributed by atoms with E-state index in [1.54, 1.807) is 12.7 Å². The van der Waals surface area contributed by atoms with Crippen molar-refractivity contribution in [1.29, 1.82) is 0 Å². The number of hydrogen-bond acceptors (Lipinski definition) is 2. The van der Waals surface area contributed by atoms with Crippen LogP contribution >= 0.6 is 0 Å². The van der Waals surface area contributed by atoms with Crippen molar-refractivity contribution in [1.82, 2.24) is 5.32 Å². The van der Waals surface area contributed by atoms with E-state index in [9.17, 15) is 0 Å². The van der Waals surface area contributed by atoms with Gasteiger partial charge in [0, 0.05) is 23.1 Å². The second-order valence-electron chi connectivity index (χ2n) is 8.69. The maximum absolute atomic E-state index is 5.76. The lowest BCUT2D eigenvalue weighted by atomic mass is 9.64. The molecule has 0 saturated carbocycles. The summed E-state index contributed by atoms with van der Waals surface area (Å²) in [6, 6.07) is 6.87. The second-order valence-corrected chi connectivity index (χ2v) is 8.69. The maximum Gasteiger partial charge on any atom is 0.126 e. The van der Waals surface area contributed by atoms with Crippen LogP contribution in [0.1, 0.15) is 45.2 Å². The first-order chi connectivity index (χ1) is 12.9. The van der Waals surface area contributed by atoms with Crippen LogP contribution in [-0.4, -0.2) is 18.7 Å². The van der Waals surface area contributed by atoms with Gasteiger partial charge in [-0.1, -0.05) is 48.1 Å². The van der Waals surface area contributed by atoms with Gasteiger partial charge in [0.05, 0.1) is 7.11 Å². The molecule has 1 N–H and O–H groups in total. The number of ether oxygens (including phenoxy) is 1. The van der Waals surface area contributed by atoms with Gasteiger partial charge in [-0.25, -0.2) is 0 Å². The monoisotopic (exact) mass is 361 g/mol. The Morgan fingerprint density at radius 3 is 2.85 bits per heavy atom. The molecule has 27 heavy (non-hydrogen) atoms. The number of nitrogens with one attached hydrogen (secondary N) is 1. The summed E-state index contributed by atoms with van der Waals surface area (Å²) >= 11 is 0. The Labute approximate surface area is 163 Å². The van der Waals surface area contributed by atoms with E-state index in [2.05, 4.69) is 81.6 Å². The second kappa shape index (κ2) is 6.83. The Hall–Kier alpha value is -2.06. The van der Waals surface area contributed by atoms with Crippen LogP contribution in [-0.2, 0) is 6.42 Å². The zero-order chi connectivity index (χ0) is 19.2. The van der Waals surface area contributed by atoms with Gasteiger partial charge in [-0.2, -0.15) is 0 Å². The number of hydrogen-bond donors (Lipinski definition) is 1. The van der Waals surface area contributed by atoms with Crippen molar-refractivity contribution < 1.29 is 4.74 Å². The molecule has 2 nitrogen and oxygen atoms in total. The van der Waals surface area contributed by atoms with Gasteiger partial charge in [-0.15, -0.1) is 0 Å². The number of benzene rings is 1. The summed E-state index contributed by atoms with van der Waals surface area (Å²) in [5.41, 5.74) is 7.23. The van der Waals surface area contributed by atoms with Crippen LogP contribution in [0.25, 0.3) is 5.57 Å². The zero-order valence-corrected chi connectivity index (χ0v) is 17.2. The van der Waals surface area contributed by atoms with Crippen LogP contribution in [0.4, 0.5) is 0 Å². The van der Waals surface area contributed by atoms with Gasteiger partial charge in [-0.05, 0) is 69.2 Å². The molecule has 2 aliphatic carbocycles. The molecule has 3 aliphatic rings. The van der Waals surface area contributed by atoms with E-state index in [1.165, 1.54) is 22.3 Å². The van der Waals surface area contributed by atoms with Crippen molar-refractivity contribution in [2.75, 3.05) is 7.11 Å². The molecule has 0 saturated heterocycles. The molecule has 0 bridgehead atoms. The van der Waals surface area contributed by atoms with E-state index >= 15 is 0 Å². The molecular weight excluding hydrogens is 330 g/mol. The molecular formula is C25H31NO. The Kier molecular flexibility index (Phi) is 4.63. The fourth-order valence-electron chi connectivity index (χ4n) is 5.37. The molecule has 0 spiro atoms. The largest absolute Gasteiger partial charge is 0.496 e. The molecule has 3 unspecified atom stereocenters. The minimum atomic E-state index is 0.0384. The van der Waals surface area contributed by atoms with E-state index in [1.807, 2.05) is 0 Å². The molecule has 1 aromatic rings. The minimum absolute atomic E-state index is 0.0384. The summed E-state index contributed by atoms with van der Waals surface area (Å²) in [5, 5.41) is 3.84. The number of rotatable bonds is 3. The SMILES string of the molecule is C/C=C/CC1Cc2cccc(OC)c2C2=C1C1C(C)=CC(C)(C)NC1C=C2. The fourth-order valence-corrected chi connectivity index (χ4v) is 5.37. The minimum Gasteiger partial charge on any atom is -0.496 e. The number of methoxy groups -OCH3 is 1. The average Bonchev–Trinajstić information content (AvgIpc) is 2.63. The fraction of sp³-hybridized carbons (Fsp3) is 0.440. The molecule has 2 heteroatoms. The van der Waals surface area contributed by atoms with Crippen LogP contribution in [0.5, 0.6) is 5.75 Å². The van der Waals surface area contributed by atoms with Gasteiger partial charge < -0.3 is 10.1 Å². The summed E-state index contributed by atoms with van der Waals surface area (Å²) < 4.78 is 5.76. The summed E-state index contributed by atoms with van der Waals surface area (Å²) in [6.07, 6.45) is 13.8. The Morgan fingerprint density at radius 2 is 2.11 bits per heavy atom. The summed E-state index contributed by atoms with van der Waals surface area (Å²) in [7, 11) is 1.78. The van der Waals surface area contributed by atoms with Crippen molar-refractivity contribution in [2.45, 2.75) is 52.1 Å². The third kappa shape index (κ3) is 3.10. The first-order valence-electron chi connectivity index (χ1n) is 10.1. The molecule has 0 fully saturated rings. The van der Waals surface area contributed by atoms with Crippen LogP contribution in [0.15, 0.2) is 59.7 Å². The molecule has 0 radical (unpaired) electrons. The van der Waals surface area contributed by atoms with Crippen LogP contribution in [0.2, 0.25) is 0 Å². The third-order valence-corrected chi connectivity index (χ3v) is 6.26. The van der Waals surface area contributed by atoms with E-state index in [-0.39, 0.29) is 5.54 Å². The van der Waals surface area contributed by atoms with Crippen molar-refractivity contribution >= 4 is 5.57 Å². The van der Waals surface area contributed by atoms with Gasteiger partial charge in [0.2, 0.25) is 0 Å². The van der Waals surface area contributed by atoms with E-state index in [4.69, 9.17) is 4.74 Å². The smallest absolute Gasteiger partial charge is 0.126 e. The molecule has 4 rings (SSSR count). The molecule has 142 valence electrons. The van der Waals surface area contributed by atoms with Crippen LogP contribution in [0, 0.1) is 11.8 Å². The quantitative estimate of drug-likeness (QED) is 0.721. The molecule has 0 amide bonds. The average molecular weight is 362 g/mol. The van der Waals surface area contributed by atoms with Crippen LogP contribution < -0.4 is 10.1 Å². The highest BCUT2D eigenvalue weighted by atomic mass is 16.5. The molecule has 1 heterocycles. The standard InChI is InChI=1S/C25H31NO/c1-6-7-9-18-14-17-10-8-11-21(27-5)23(17)19-12-13-20-22(24(18)19)16(2)15-25(3,4)26-20/h6-8,10-13,15,18,20,22,26H,9,14H2,1-5H3/b7-6+. The summed E-state index contributed by atoms with van der Waals surface area (Å²) in [4.78, 5) is 0. The Bertz CT molecular complexity index is 868. The van der Waals surface area contributed by atoms with Crippen molar-refractivity contribution in [3.05, 3.63) is 70.9 Å². The predicted molar refractivity (Wildman–Crippen MR) is 114 cm³/mol. The number of fused-ring (bicyclic) bond motifs is 4. The molecule has 0 aromatic heterocycles. The first kappa shape index (κ1) is 18.3. The van der Waals surface area contributed by atoms with Gasteiger partial charge in [0.25, 0.3) is 0 Å². The molecule has 3 atom stereocenters.